The minimum Gasteiger partial charge on any atom is -0.486 e. The predicted octanol–water partition coefficient (Wildman–Crippen LogP) is 2.67. The van der Waals surface area contributed by atoms with E-state index in [0.29, 0.717) is 29.9 Å². The number of nitro benzene ring substituents is 1. The minimum atomic E-state index is -0.377. The number of hydrogen-bond acceptors (Lipinski definition) is 4. The molecule has 0 radical (unpaired) electrons. The van der Waals surface area contributed by atoms with Gasteiger partial charge in [-0.25, -0.2) is 0 Å². The molecule has 1 aromatic carbocycles. The lowest BCUT2D eigenvalue weighted by Gasteiger charge is -2.14. The van der Waals surface area contributed by atoms with Gasteiger partial charge < -0.3 is 10.1 Å². The van der Waals surface area contributed by atoms with Gasteiger partial charge in [0, 0.05) is 24.1 Å². The maximum atomic E-state index is 11.0. The van der Waals surface area contributed by atoms with E-state index in [-0.39, 0.29) is 10.6 Å². The van der Waals surface area contributed by atoms with Gasteiger partial charge in [-0.1, -0.05) is 19.1 Å². The third-order valence-electron chi connectivity index (χ3n) is 3.24. The van der Waals surface area contributed by atoms with Gasteiger partial charge in [0.2, 0.25) is 0 Å². The lowest BCUT2D eigenvalue weighted by atomic mass is 10.2. The summed E-state index contributed by atoms with van der Waals surface area (Å²) in [6, 6.07) is 5.84. The molecular weight excluding hydrogens is 244 g/mol. The van der Waals surface area contributed by atoms with Crippen molar-refractivity contribution in [2.24, 2.45) is 5.92 Å². The first-order chi connectivity index (χ1) is 9.08. The molecule has 0 aliphatic heterocycles. The molecule has 0 bridgehead atoms. The first-order valence-corrected chi connectivity index (χ1v) is 6.68. The number of nitrogens with one attached hydrogen (secondary N) is 1. The summed E-state index contributed by atoms with van der Waals surface area (Å²) < 4.78 is 5.61. The fourth-order valence-corrected chi connectivity index (χ4v) is 1.93. The first kappa shape index (κ1) is 13.8. The molecule has 0 aromatic heterocycles. The highest BCUT2D eigenvalue weighted by atomic mass is 16.6. The van der Waals surface area contributed by atoms with E-state index in [4.69, 9.17) is 4.74 Å². The molecule has 5 heteroatoms. The highest BCUT2D eigenvalue weighted by molar-refractivity contribution is 5.51. The summed E-state index contributed by atoms with van der Waals surface area (Å²) in [6.45, 7) is 5.19. The second-order valence-corrected chi connectivity index (χ2v) is 5.28. The van der Waals surface area contributed by atoms with Crippen LogP contribution in [0.2, 0.25) is 0 Å². The Labute approximate surface area is 113 Å². The second-order valence-electron chi connectivity index (χ2n) is 5.28. The Morgan fingerprint density at radius 1 is 1.53 bits per heavy atom. The average Bonchev–Trinajstić information content (AvgIpc) is 3.17. The summed E-state index contributed by atoms with van der Waals surface area (Å²) in [7, 11) is 0. The van der Waals surface area contributed by atoms with E-state index in [1.165, 1.54) is 12.8 Å². The van der Waals surface area contributed by atoms with Crippen molar-refractivity contribution in [1.82, 2.24) is 5.32 Å². The van der Waals surface area contributed by atoms with Crippen LogP contribution in [0.1, 0.15) is 25.3 Å². The lowest BCUT2D eigenvalue weighted by Crippen LogP contribution is -2.26. The zero-order valence-electron chi connectivity index (χ0n) is 11.4. The van der Waals surface area contributed by atoms with Gasteiger partial charge in [-0.15, -0.1) is 0 Å². The molecule has 1 fully saturated rings. The maximum absolute atomic E-state index is 11.0. The quantitative estimate of drug-likeness (QED) is 0.607. The van der Waals surface area contributed by atoms with Crippen LogP contribution in [0.5, 0.6) is 5.75 Å². The van der Waals surface area contributed by atoms with Crippen molar-refractivity contribution in [3.63, 3.8) is 0 Å². The van der Waals surface area contributed by atoms with Gasteiger partial charge in [0.15, 0.2) is 5.75 Å². The van der Waals surface area contributed by atoms with E-state index in [0.717, 1.165) is 6.54 Å². The average molecular weight is 264 g/mol. The van der Waals surface area contributed by atoms with Crippen LogP contribution in [-0.4, -0.2) is 24.1 Å². The Kier molecular flexibility index (Phi) is 4.37. The van der Waals surface area contributed by atoms with Crippen LogP contribution >= 0.6 is 0 Å². The summed E-state index contributed by atoms with van der Waals surface area (Å²) in [6.07, 6.45) is 2.52. The van der Waals surface area contributed by atoms with Crippen molar-refractivity contribution in [2.75, 3.05) is 13.2 Å². The molecule has 0 spiro atoms. The molecule has 1 saturated carbocycles. The highest BCUT2D eigenvalue weighted by Crippen LogP contribution is 2.30. The zero-order chi connectivity index (χ0) is 13.8. The molecule has 19 heavy (non-hydrogen) atoms. The van der Waals surface area contributed by atoms with Gasteiger partial charge >= 0.3 is 5.69 Å². The maximum Gasteiger partial charge on any atom is 0.313 e. The Balaban J connectivity index is 1.90. The molecule has 1 aliphatic carbocycles. The topological polar surface area (TPSA) is 64.4 Å². The van der Waals surface area contributed by atoms with Crippen LogP contribution in [-0.2, 0) is 0 Å². The summed E-state index contributed by atoms with van der Waals surface area (Å²) in [4.78, 5) is 10.6. The monoisotopic (exact) mass is 264 g/mol. The van der Waals surface area contributed by atoms with Crippen LogP contribution in [0.3, 0.4) is 0 Å². The van der Waals surface area contributed by atoms with Crippen LogP contribution in [0.4, 0.5) is 5.69 Å². The smallest absolute Gasteiger partial charge is 0.313 e. The Morgan fingerprint density at radius 3 is 2.89 bits per heavy atom. The van der Waals surface area contributed by atoms with Gasteiger partial charge in [0.1, 0.15) is 0 Å². The van der Waals surface area contributed by atoms with Crippen molar-refractivity contribution in [1.29, 1.82) is 0 Å². The van der Waals surface area contributed by atoms with E-state index >= 15 is 0 Å². The molecule has 2 rings (SSSR count). The zero-order valence-corrected chi connectivity index (χ0v) is 11.4. The number of para-hydroxylation sites is 1. The van der Waals surface area contributed by atoms with Crippen molar-refractivity contribution in [2.45, 2.75) is 32.7 Å². The molecule has 0 saturated heterocycles. The Bertz CT molecular complexity index is 458. The summed E-state index contributed by atoms with van der Waals surface area (Å²) >= 11 is 0. The SMILES string of the molecule is Cc1cccc(OCC(C)CNC2CC2)c1[N+](=O)[O-]. The van der Waals surface area contributed by atoms with Gasteiger partial charge in [-0.2, -0.15) is 0 Å². The molecule has 0 amide bonds. The molecular formula is C14H20N2O3. The number of aryl methyl sites for hydroxylation is 1. The highest BCUT2D eigenvalue weighted by Gasteiger charge is 2.22. The number of hydrogen-bond donors (Lipinski definition) is 1. The number of ether oxygens (including phenoxy) is 1. The normalized spacial score (nSPS) is 16.1. The van der Waals surface area contributed by atoms with Crippen molar-refractivity contribution in [3.8, 4) is 5.75 Å². The van der Waals surface area contributed by atoms with E-state index in [9.17, 15) is 10.1 Å². The van der Waals surface area contributed by atoms with Gasteiger partial charge in [-0.3, -0.25) is 10.1 Å². The largest absolute Gasteiger partial charge is 0.486 e. The molecule has 104 valence electrons. The predicted molar refractivity (Wildman–Crippen MR) is 73.5 cm³/mol. The molecule has 1 aliphatic rings. The summed E-state index contributed by atoms with van der Waals surface area (Å²) in [5.74, 6) is 0.698. The van der Waals surface area contributed by atoms with E-state index in [1.807, 2.05) is 0 Å². The molecule has 1 N–H and O–H groups in total. The number of nitro groups is 1. The van der Waals surface area contributed by atoms with Gasteiger partial charge in [0.05, 0.1) is 11.5 Å². The Hall–Kier alpha value is -1.62. The summed E-state index contributed by atoms with van der Waals surface area (Å²) in [5.41, 5.74) is 0.705. The van der Waals surface area contributed by atoms with Crippen LogP contribution in [0.25, 0.3) is 0 Å². The Morgan fingerprint density at radius 2 is 2.26 bits per heavy atom. The molecule has 0 heterocycles. The number of rotatable bonds is 7. The minimum absolute atomic E-state index is 0.0739. The van der Waals surface area contributed by atoms with E-state index in [1.54, 1.807) is 25.1 Å². The molecule has 1 aromatic rings. The standard InChI is InChI=1S/C14H20N2O3/c1-10(8-15-12-6-7-12)9-19-13-5-3-4-11(2)14(13)16(17)18/h3-5,10,12,15H,6-9H2,1-2H3. The van der Waals surface area contributed by atoms with E-state index in [2.05, 4.69) is 12.2 Å². The fraction of sp³-hybridized carbons (Fsp3) is 0.571. The van der Waals surface area contributed by atoms with Crippen molar-refractivity contribution < 1.29 is 9.66 Å². The van der Waals surface area contributed by atoms with Crippen molar-refractivity contribution >= 4 is 5.69 Å². The summed E-state index contributed by atoms with van der Waals surface area (Å²) in [5, 5.41) is 14.5. The third kappa shape index (κ3) is 3.92. The third-order valence-corrected chi connectivity index (χ3v) is 3.24. The molecule has 1 atom stereocenters. The first-order valence-electron chi connectivity index (χ1n) is 6.68. The molecule has 5 nitrogen and oxygen atoms in total. The number of benzene rings is 1. The van der Waals surface area contributed by atoms with E-state index < -0.39 is 0 Å². The van der Waals surface area contributed by atoms with Crippen LogP contribution < -0.4 is 10.1 Å². The fourth-order valence-electron chi connectivity index (χ4n) is 1.93. The van der Waals surface area contributed by atoms with Crippen LogP contribution in [0, 0.1) is 23.0 Å². The lowest BCUT2D eigenvalue weighted by molar-refractivity contribution is -0.386. The second kappa shape index (κ2) is 6.02. The molecule has 1 unspecified atom stereocenters. The van der Waals surface area contributed by atoms with Gasteiger partial charge in [-0.05, 0) is 25.8 Å². The van der Waals surface area contributed by atoms with Gasteiger partial charge in [0.25, 0.3) is 0 Å². The number of nitrogens with zero attached hydrogens (tertiary/aromatic N) is 1. The van der Waals surface area contributed by atoms with Crippen LogP contribution in [0.15, 0.2) is 18.2 Å². The van der Waals surface area contributed by atoms with Crippen molar-refractivity contribution in [3.05, 3.63) is 33.9 Å².